The average Bonchev–Trinajstić information content (AvgIpc) is 2.19. The number of nitrogens with zero attached hydrogens (tertiary/aromatic N) is 2. The van der Waals surface area contributed by atoms with E-state index in [1.54, 1.807) is 30.3 Å². The first-order valence-corrected chi connectivity index (χ1v) is 4.69. The van der Waals surface area contributed by atoms with Gasteiger partial charge in [0.2, 0.25) is 0 Å². The molecular weight excluding hydrogens is 219 g/mol. The third kappa shape index (κ3) is 1.72. The SMILES string of the molecule is Clc1cccc(Cl)c1-c1cc[c]nn1. The molecule has 0 fully saturated rings. The molecule has 0 saturated carbocycles. The van der Waals surface area contributed by atoms with E-state index in [-0.39, 0.29) is 0 Å². The Morgan fingerprint density at radius 2 is 1.79 bits per heavy atom. The largest absolute Gasteiger partial charge is 0.150 e. The van der Waals surface area contributed by atoms with Crippen molar-refractivity contribution in [2.24, 2.45) is 0 Å². The molecule has 4 heteroatoms. The standard InChI is InChI=1S/C10H5Cl2N2/c11-7-3-1-4-8(12)10(7)9-5-2-6-13-14-9/h1-5H. The zero-order valence-corrected chi connectivity index (χ0v) is 8.55. The zero-order valence-electron chi connectivity index (χ0n) is 7.04. The molecule has 0 N–H and O–H groups in total. The van der Waals surface area contributed by atoms with Crippen molar-refractivity contribution in [3.63, 3.8) is 0 Å². The summed E-state index contributed by atoms with van der Waals surface area (Å²) < 4.78 is 0. The first kappa shape index (κ1) is 9.44. The highest BCUT2D eigenvalue weighted by molar-refractivity contribution is 6.39. The summed E-state index contributed by atoms with van der Waals surface area (Å²) >= 11 is 12.0. The fourth-order valence-electron chi connectivity index (χ4n) is 1.14. The number of benzene rings is 1. The van der Waals surface area contributed by atoms with Crippen LogP contribution < -0.4 is 0 Å². The summed E-state index contributed by atoms with van der Waals surface area (Å²) in [5.74, 6) is 0. The van der Waals surface area contributed by atoms with Crippen molar-refractivity contribution in [1.82, 2.24) is 10.2 Å². The van der Waals surface area contributed by atoms with Crippen LogP contribution in [0.5, 0.6) is 0 Å². The van der Waals surface area contributed by atoms with Gasteiger partial charge in [0, 0.05) is 5.56 Å². The van der Waals surface area contributed by atoms with Crippen molar-refractivity contribution in [3.8, 4) is 11.3 Å². The van der Waals surface area contributed by atoms with Crippen LogP contribution in [0.4, 0.5) is 0 Å². The molecule has 0 saturated heterocycles. The van der Waals surface area contributed by atoms with E-state index >= 15 is 0 Å². The van der Waals surface area contributed by atoms with Crippen molar-refractivity contribution < 1.29 is 0 Å². The Hall–Kier alpha value is -1.12. The van der Waals surface area contributed by atoms with Crippen LogP contribution in [-0.2, 0) is 0 Å². The molecule has 14 heavy (non-hydrogen) atoms. The molecule has 0 amide bonds. The van der Waals surface area contributed by atoms with Gasteiger partial charge in [-0.15, -0.1) is 10.2 Å². The predicted molar refractivity (Wildman–Crippen MR) is 56.3 cm³/mol. The van der Waals surface area contributed by atoms with E-state index in [2.05, 4.69) is 16.4 Å². The van der Waals surface area contributed by atoms with Gasteiger partial charge in [0.25, 0.3) is 0 Å². The van der Waals surface area contributed by atoms with Gasteiger partial charge in [-0.25, -0.2) is 0 Å². The van der Waals surface area contributed by atoms with Gasteiger partial charge in [-0.05, 0) is 24.3 Å². The fraction of sp³-hybridized carbons (Fsp3) is 0. The summed E-state index contributed by atoms with van der Waals surface area (Å²) in [5, 5.41) is 8.68. The lowest BCUT2D eigenvalue weighted by atomic mass is 10.1. The second-order valence-corrected chi connectivity index (χ2v) is 3.46. The molecule has 1 heterocycles. The number of hydrogen-bond acceptors (Lipinski definition) is 2. The molecule has 1 aromatic carbocycles. The van der Waals surface area contributed by atoms with E-state index in [1.165, 1.54) is 0 Å². The lowest BCUT2D eigenvalue weighted by Crippen LogP contribution is -1.87. The molecule has 69 valence electrons. The summed E-state index contributed by atoms with van der Waals surface area (Å²) in [5.41, 5.74) is 1.36. The fourth-order valence-corrected chi connectivity index (χ4v) is 1.73. The van der Waals surface area contributed by atoms with Crippen LogP contribution in [0, 0.1) is 6.20 Å². The van der Waals surface area contributed by atoms with Crippen LogP contribution in [0.1, 0.15) is 0 Å². The Morgan fingerprint density at radius 3 is 2.36 bits per heavy atom. The number of aromatic nitrogens is 2. The van der Waals surface area contributed by atoms with Crippen LogP contribution in [-0.4, -0.2) is 10.2 Å². The molecule has 0 aliphatic heterocycles. The van der Waals surface area contributed by atoms with E-state index in [0.717, 1.165) is 0 Å². The van der Waals surface area contributed by atoms with E-state index in [1.807, 2.05) is 0 Å². The smallest absolute Gasteiger partial charge is 0.113 e. The summed E-state index contributed by atoms with van der Waals surface area (Å²) in [6.45, 7) is 0. The minimum atomic E-state index is 0.568. The van der Waals surface area contributed by atoms with Crippen LogP contribution in [0.2, 0.25) is 10.0 Å². The number of halogens is 2. The molecule has 1 aromatic heterocycles. The molecular formula is C10H5Cl2N2. The molecule has 0 spiro atoms. The Labute approximate surface area is 91.5 Å². The third-order valence-electron chi connectivity index (χ3n) is 1.75. The third-order valence-corrected chi connectivity index (χ3v) is 2.38. The van der Waals surface area contributed by atoms with E-state index in [4.69, 9.17) is 23.2 Å². The number of rotatable bonds is 1. The molecule has 2 nitrogen and oxygen atoms in total. The van der Waals surface area contributed by atoms with Crippen molar-refractivity contribution >= 4 is 23.2 Å². The summed E-state index contributed by atoms with van der Waals surface area (Å²) in [7, 11) is 0. The Morgan fingerprint density at radius 1 is 1.07 bits per heavy atom. The maximum Gasteiger partial charge on any atom is 0.113 e. The van der Waals surface area contributed by atoms with Crippen LogP contribution in [0.3, 0.4) is 0 Å². The Kier molecular flexibility index (Phi) is 2.66. The highest BCUT2D eigenvalue weighted by atomic mass is 35.5. The van der Waals surface area contributed by atoms with Gasteiger partial charge in [0.15, 0.2) is 0 Å². The summed E-state index contributed by atoms with van der Waals surface area (Å²) in [4.78, 5) is 0. The van der Waals surface area contributed by atoms with Gasteiger partial charge in [0.1, 0.15) is 6.20 Å². The van der Waals surface area contributed by atoms with E-state index in [9.17, 15) is 0 Å². The minimum Gasteiger partial charge on any atom is -0.150 e. The van der Waals surface area contributed by atoms with Crippen LogP contribution in [0.25, 0.3) is 11.3 Å². The minimum absolute atomic E-state index is 0.568. The van der Waals surface area contributed by atoms with Crippen molar-refractivity contribution in [2.45, 2.75) is 0 Å². The maximum atomic E-state index is 6.00. The first-order valence-electron chi connectivity index (χ1n) is 3.93. The molecule has 0 bridgehead atoms. The Balaban J connectivity index is 2.63. The molecule has 0 aliphatic rings. The second kappa shape index (κ2) is 3.95. The van der Waals surface area contributed by atoms with Crippen LogP contribution in [0.15, 0.2) is 30.3 Å². The van der Waals surface area contributed by atoms with Gasteiger partial charge in [-0.1, -0.05) is 29.3 Å². The summed E-state index contributed by atoms with van der Waals surface area (Å²) in [6, 6.07) is 8.75. The molecule has 0 unspecified atom stereocenters. The quantitative estimate of drug-likeness (QED) is 0.742. The van der Waals surface area contributed by atoms with Crippen molar-refractivity contribution in [2.75, 3.05) is 0 Å². The van der Waals surface area contributed by atoms with Crippen LogP contribution >= 0.6 is 23.2 Å². The molecule has 2 aromatic rings. The highest BCUT2D eigenvalue weighted by Crippen LogP contribution is 2.32. The predicted octanol–water partition coefficient (Wildman–Crippen LogP) is 3.25. The maximum absolute atomic E-state index is 6.00. The normalized spacial score (nSPS) is 10.1. The van der Waals surface area contributed by atoms with Gasteiger partial charge in [-0.2, -0.15) is 0 Å². The lowest BCUT2D eigenvalue weighted by molar-refractivity contribution is 1.03. The second-order valence-electron chi connectivity index (χ2n) is 2.64. The van der Waals surface area contributed by atoms with Crippen molar-refractivity contribution in [1.29, 1.82) is 0 Å². The van der Waals surface area contributed by atoms with Crippen molar-refractivity contribution in [3.05, 3.63) is 46.6 Å². The van der Waals surface area contributed by atoms with E-state index < -0.39 is 0 Å². The first-order chi connectivity index (χ1) is 6.79. The number of hydrogen-bond donors (Lipinski definition) is 0. The summed E-state index contributed by atoms with van der Waals surface area (Å²) in [6.07, 6.45) is 2.59. The average molecular weight is 224 g/mol. The van der Waals surface area contributed by atoms with Gasteiger partial charge >= 0.3 is 0 Å². The monoisotopic (exact) mass is 223 g/mol. The Bertz CT molecular complexity index is 423. The molecule has 2 rings (SSSR count). The lowest BCUT2D eigenvalue weighted by Gasteiger charge is -2.03. The van der Waals surface area contributed by atoms with Gasteiger partial charge in [-0.3, -0.25) is 0 Å². The zero-order chi connectivity index (χ0) is 9.97. The molecule has 0 atom stereocenters. The van der Waals surface area contributed by atoms with E-state index in [0.29, 0.717) is 21.3 Å². The topological polar surface area (TPSA) is 25.8 Å². The van der Waals surface area contributed by atoms with Gasteiger partial charge in [0.05, 0.1) is 15.7 Å². The molecule has 0 aliphatic carbocycles. The highest BCUT2D eigenvalue weighted by Gasteiger charge is 2.08. The van der Waals surface area contributed by atoms with Gasteiger partial charge < -0.3 is 0 Å². The molecule has 1 radical (unpaired) electrons.